The summed E-state index contributed by atoms with van der Waals surface area (Å²) in [5, 5.41) is 24.0. The van der Waals surface area contributed by atoms with Crippen LogP contribution in [0.25, 0.3) is 0 Å². The monoisotopic (exact) mass is 423 g/mol. The van der Waals surface area contributed by atoms with Gasteiger partial charge < -0.3 is 25.7 Å². The molecule has 4 rings (SSSR count). The van der Waals surface area contributed by atoms with Crippen LogP contribution >= 0.6 is 23.6 Å². The van der Waals surface area contributed by atoms with E-state index in [1.165, 1.54) is 32.1 Å². The summed E-state index contributed by atoms with van der Waals surface area (Å²) in [6.07, 6.45) is 4.37. The van der Waals surface area contributed by atoms with Crippen molar-refractivity contribution in [1.82, 2.24) is 9.80 Å². The van der Waals surface area contributed by atoms with E-state index in [2.05, 4.69) is 4.90 Å². The van der Waals surface area contributed by atoms with Crippen molar-refractivity contribution in [2.75, 3.05) is 6.54 Å². The number of hydrogen-bond acceptors (Lipinski definition) is 5. The van der Waals surface area contributed by atoms with Crippen LogP contribution in [0.2, 0.25) is 0 Å². The maximum absolute atomic E-state index is 12.3. The lowest BCUT2D eigenvalue weighted by atomic mass is 9.76. The molecule has 3 aliphatic rings. The summed E-state index contributed by atoms with van der Waals surface area (Å²) in [7, 11) is 0. The van der Waals surface area contributed by atoms with E-state index < -0.39 is 30.1 Å². The van der Waals surface area contributed by atoms with Crippen LogP contribution in [-0.4, -0.2) is 61.9 Å². The quantitative estimate of drug-likeness (QED) is 0.625. The van der Waals surface area contributed by atoms with Crippen molar-refractivity contribution < 1.29 is 15.0 Å². The number of carbonyl (C=O) groups excluding carboxylic acids is 1. The van der Waals surface area contributed by atoms with Gasteiger partial charge in [-0.3, -0.25) is 4.79 Å². The molecule has 1 aromatic rings. The molecule has 2 saturated carbocycles. The van der Waals surface area contributed by atoms with Gasteiger partial charge in [-0.25, -0.2) is 0 Å². The molecule has 28 heavy (non-hydrogen) atoms. The third-order valence-electron chi connectivity index (χ3n) is 6.66. The first kappa shape index (κ1) is 20.1. The zero-order valence-corrected chi connectivity index (χ0v) is 17.6. The molecular formula is C20H29N3O3S2. The van der Waals surface area contributed by atoms with E-state index >= 15 is 0 Å². The molecule has 2 heterocycles. The Balaban J connectivity index is 1.66. The number of amides is 1. The fourth-order valence-corrected chi connectivity index (χ4v) is 6.36. The molecule has 2 aliphatic carbocycles. The fraction of sp³-hybridized carbons (Fsp3) is 0.700. The number of thiocarbonyl (C=S) groups is 1. The highest BCUT2D eigenvalue weighted by molar-refractivity contribution is 7.80. The summed E-state index contributed by atoms with van der Waals surface area (Å²) in [6.45, 7) is 1.38. The molecule has 1 aliphatic heterocycles. The number of primary amides is 1. The number of rotatable bonds is 5. The number of nitrogens with two attached hydrogens (primary N) is 1. The number of thiophene rings is 1. The number of nitrogens with zero attached hydrogens (tertiary/aromatic N) is 2. The number of hydrogen-bond donors (Lipinski definition) is 3. The smallest absolute Gasteiger partial charge is 0.222 e. The van der Waals surface area contributed by atoms with Crippen LogP contribution in [0.15, 0.2) is 17.5 Å². The second kappa shape index (κ2) is 8.26. The van der Waals surface area contributed by atoms with Gasteiger partial charge in [0.15, 0.2) is 5.11 Å². The molecule has 6 nitrogen and oxygen atoms in total. The van der Waals surface area contributed by atoms with Crippen LogP contribution in [-0.2, 0) is 11.3 Å². The molecule has 5 atom stereocenters. The van der Waals surface area contributed by atoms with Gasteiger partial charge in [0.2, 0.25) is 5.91 Å². The minimum Gasteiger partial charge on any atom is -0.390 e. The van der Waals surface area contributed by atoms with E-state index in [-0.39, 0.29) is 12.5 Å². The van der Waals surface area contributed by atoms with Gasteiger partial charge in [0.25, 0.3) is 0 Å². The SMILES string of the molecule is NC(=O)C1CC(O)C(O)C2C1N(CC1CCCCC1)C(=S)N2Cc1cccs1. The highest BCUT2D eigenvalue weighted by Crippen LogP contribution is 2.40. The predicted molar refractivity (Wildman–Crippen MR) is 113 cm³/mol. The van der Waals surface area contributed by atoms with Gasteiger partial charge in [0, 0.05) is 11.4 Å². The Bertz CT molecular complexity index is 708. The lowest BCUT2D eigenvalue weighted by Gasteiger charge is -2.43. The van der Waals surface area contributed by atoms with Gasteiger partial charge in [0.05, 0.1) is 30.7 Å². The summed E-state index contributed by atoms with van der Waals surface area (Å²) >= 11 is 7.50. The largest absolute Gasteiger partial charge is 0.390 e. The fourth-order valence-electron chi connectivity index (χ4n) is 5.27. The topological polar surface area (TPSA) is 90.0 Å². The van der Waals surface area contributed by atoms with E-state index in [0.29, 0.717) is 17.6 Å². The number of carbonyl (C=O) groups is 1. The zero-order valence-electron chi connectivity index (χ0n) is 15.9. The Labute approximate surface area is 175 Å². The van der Waals surface area contributed by atoms with E-state index in [1.54, 1.807) is 11.3 Å². The van der Waals surface area contributed by atoms with E-state index in [0.717, 1.165) is 11.4 Å². The van der Waals surface area contributed by atoms with Crippen LogP contribution in [0.3, 0.4) is 0 Å². The van der Waals surface area contributed by atoms with E-state index in [9.17, 15) is 15.0 Å². The average molecular weight is 424 g/mol. The summed E-state index contributed by atoms with van der Waals surface area (Å²) in [5.41, 5.74) is 5.74. The summed E-state index contributed by atoms with van der Waals surface area (Å²) < 4.78 is 0. The van der Waals surface area contributed by atoms with Crippen molar-refractivity contribution in [3.05, 3.63) is 22.4 Å². The van der Waals surface area contributed by atoms with E-state index in [1.807, 2.05) is 22.4 Å². The Morgan fingerprint density at radius 3 is 2.61 bits per heavy atom. The van der Waals surface area contributed by atoms with Crippen molar-refractivity contribution in [1.29, 1.82) is 0 Å². The minimum atomic E-state index is -0.970. The average Bonchev–Trinajstić information content (AvgIpc) is 3.28. The molecule has 4 N–H and O–H groups in total. The zero-order chi connectivity index (χ0) is 19.8. The molecule has 8 heteroatoms. The molecule has 5 unspecified atom stereocenters. The first-order chi connectivity index (χ1) is 13.5. The lowest BCUT2D eigenvalue weighted by molar-refractivity contribution is -0.133. The maximum atomic E-state index is 12.3. The molecule has 1 saturated heterocycles. The maximum Gasteiger partial charge on any atom is 0.222 e. The number of aliphatic hydroxyl groups is 2. The molecule has 0 bridgehead atoms. The molecule has 0 spiro atoms. The van der Waals surface area contributed by atoms with Gasteiger partial charge in [0.1, 0.15) is 6.10 Å². The van der Waals surface area contributed by atoms with Crippen LogP contribution in [0.5, 0.6) is 0 Å². The molecular weight excluding hydrogens is 394 g/mol. The normalized spacial score (nSPS) is 33.9. The first-order valence-corrected chi connectivity index (χ1v) is 11.5. The standard InChI is InChI=1S/C20H29N3O3S2/c21-19(26)14-9-15(24)18(25)17-16(14)22(10-12-5-2-1-3-6-12)20(27)23(17)11-13-7-4-8-28-13/h4,7-8,12,14-18,24-25H,1-3,5-6,9-11H2,(H2,21,26). The second-order valence-corrected chi connectivity index (χ2v) is 9.83. The summed E-state index contributed by atoms with van der Waals surface area (Å²) in [4.78, 5) is 17.6. The molecule has 1 amide bonds. The van der Waals surface area contributed by atoms with Gasteiger partial charge in [-0.1, -0.05) is 25.3 Å². The molecule has 1 aromatic heterocycles. The Morgan fingerprint density at radius 1 is 1.21 bits per heavy atom. The minimum absolute atomic E-state index is 0.189. The Kier molecular flexibility index (Phi) is 5.92. The second-order valence-electron chi connectivity index (χ2n) is 8.43. The summed E-state index contributed by atoms with van der Waals surface area (Å²) in [6, 6.07) is 3.35. The van der Waals surface area contributed by atoms with Crippen molar-refractivity contribution in [2.24, 2.45) is 17.6 Å². The first-order valence-electron chi connectivity index (χ1n) is 10.2. The van der Waals surface area contributed by atoms with Crippen molar-refractivity contribution in [2.45, 2.75) is 69.4 Å². The van der Waals surface area contributed by atoms with Crippen molar-refractivity contribution in [3.8, 4) is 0 Å². The van der Waals surface area contributed by atoms with Gasteiger partial charge in [-0.05, 0) is 48.8 Å². The third-order valence-corrected chi connectivity index (χ3v) is 7.99. The Morgan fingerprint density at radius 2 is 1.96 bits per heavy atom. The molecule has 154 valence electrons. The van der Waals surface area contributed by atoms with Crippen LogP contribution in [0.4, 0.5) is 0 Å². The van der Waals surface area contributed by atoms with Crippen molar-refractivity contribution in [3.63, 3.8) is 0 Å². The van der Waals surface area contributed by atoms with Gasteiger partial charge >= 0.3 is 0 Å². The van der Waals surface area contributed by atoms with Gasteiger partial charge in [-0.2, -0.15) is 0 Å². The molecule has 3 fully saturated rings. The molecule has 0 aromatic carbocycles. The molecule has 0 radical (unpaired) electrons. The number of aliphatic hydroxyl groups excluding tert-OH is 2. The van der Waals surface area contributed by atoms with Crippen LogP contribution in [0, 0.1) is 11.8 Å². The third kappa shape index (κ3) is 3.67. The predicted octanol–water partition coefficient (Wildman–Crippen LogP) is 1.70. The van der Waals surface area contributed by atoms with Gasteiger partial charge in [-0.15, -0.1) is 11.3 Å². The van der Waals surface area contributed by atoms with Crippen LogP contribution in [0.1, 0.15) is 43.4 Å². The van der Waals surface area contributed by atoms with Crippen LogP contribution < -0.4 is 5.73 Å². The highest BCUT2D eigenvalue weighted by atomic mass is 32.1. The summed E-state index contributed by atoms with van der Waals surface area (Å²) in [5.74, 6) is -0.389. The number of fused-ring (bicyclic) bond motifs is 1. The lowest BCUT2D eigenvalue weighted by Crippen LogP contribution is -2.61. The van der Waals surface area contributed by atoms with Crippen molar-refractivity contribution >= 4 is 34.6 Å². The highest BCUT2D eigenvalue weighted by Gasteiger charge is 2.56. The Hall–Kier alpha value is -1.22. The van der Waals surface area contributed by atoms with E-state index in [4.69, 9.17) is 18.0 Å².